The summed E-state index contributed by atoms with van der Waals surface area (Å²) in [6, 6.07) is 6.16. The molecule has 2 N–H and O–H groups in total. The quantitative estimate of drug-likeness (QED) is 0.894. The first kappa shape index (κ1) is 16.0. The van der Waals surface area contributed by atoms with Crippen LogP contribution in [0.3, 0.4) is 0 Å². The molecule has 0 saturated carbocycles. The van der Waals surface area contributed by atoms with E-state index in [1.165, 1.54) is 0 Å². The standard InChI is InChI=1S/C17H24N4O2/c1-3-13(11-22)20-6-8-21(9-7-20)17(23)16-14-10-12(2)4-5-15(14)18-19-16/h4-5,10,13,22H,3,6-9,11H2,1-2H3,(H,18,19). The summed E-state index contributed by atoms with van der Waals surface area (Å²) in [7, 11) is 0. The maximum absolute atomic E-state index is 12.8. The van der Waals surface area contributed by atoms with Gasteiger partial charge in [-0.25, -0.2) is 0 Å². The maximum atomic E-state index is 12.8. The number of piperazine rings is 1. The van der Waals surface area contributed by atoms with E-state index in [2.05, 4.69) is 22.0 Å². The van der Waals surface area contributed by atoms with Crippen molar-refractivity contribution in [3.63, 3.8) is 0 Å². The van der Waals surface area contributed by atoms with E-state index in [-0.39, 0.29) is 18.6 Å². The predicted octanol–water partition coefficient (Wildman–Crippen LogP) is 1.40. The molecule has 6 heteroatoms. The minimum absolute atomic E-state index is 0.0152. The summed E-state index contributed by atoms with van der Waals surface area (Å²) < 4.78 is 0. The highest BCUT2D eigenvalue weighted by Crippen LogP contribution is 2.20. The van der Waals surface area contributed by atoms with Gasteiger partial charge in [-0.2, -0.15) is 5.10 Å². The topological polar surface area (TPSA) is 72.5 Å². The van der Waals surface area contributed by atoms with Gasteiger partial charge in [0.2, 0.25) is 0 Å². The van der Waals surface area contributed by atoms with E-state index in [1.807, 2.05) is 30.0 Å². The normalized spacial score (nSPS) is 17.6. The Morgan fingerprint density at radius 2 is 2.09 bits per heavy atom. The van der Waals surface area contributed by atoms with Gasteiger partial charge in [-0.05, 0) is 25.5 Å². The maximum Gasteiger partial charge on any atom is 0.275 e. The Kier molecular flexibility index (Phi) is 4.63. The molecule has 0 spiro atoms. The van der Waals surface area contributed by atoms with Crippen molar-refractivity contribution in [1.29, 1.82) is 0 Å². The Hall–Kier alpha value is -1.92. The second-order valence-corrected chi connectivity index (χ2v) is 6.19. The van der Waals surface area contributed by atoms with Crippen LogP contribution in [0.4, 0.5) is 0 Å². The lowest BCUT2D eigenvalue weighted by atomic mass is 10.1. The van der Waals surface area contributed by atoms with Crippen molar-refractivity contribution in [2.24, 2.45) is 0 Å². The second-order valence-electron chi connectivity index (χ2n) is 6.19. The van der Waals surface area contributed by atoms with Crippen LogP contribution in [0.5, 0.6) is 0 Å². The van der Waals surface area contributed by atoms with E-state index in [0.29, 0.717) is 18.8 Å². The summed E-state index contributed by atoms with van der Waals surface area (Å²) >= 11 is 0. The van der Waals surface area contributed by atoms with Gasteiger partial charge in [0.15, 0.2) is 5.69 Å². The molecule has 124 valence electrons. The largest absolute Gasteiger partial charge is 0.395 e. The molecule has 1 aromatic heterocycles. The molecular formula is C17H24N4O2. The third-order valence-corrected chi connectivity index (χ3v) is 4.72. The number of hydrogen-bond acceptors (Lipinski definition) is 4. The molecule has 1 amide bonds. The number of carbonyl (C=O) groups excluding carboxylic acids is 1. The third-order valence-electron chi connectivity index (χ3n) is 4.72. The minimum atomic E-state index is -0.0152. The first-order valence-corrected chi connectivity index (χ1v) is 8.23. The highest BCUT2D eigenvalue weighted by atomic mass is 16.3. The third kappa shape index (κ3) is 3.09. The molecule has 6 nitrogen and oxygen atoms in total. The first-order valence-electron chi connectivity index (χ1n) is 8.23. The number of nitrogens with one attached hydrogen (secondary N) is 1. The van der Waals surface area contributed by atoms with Crippen LogP contribution in [-0.4, -0.2) is 69.8 Å². The van der Waals surface area contributed by atoms with Crippen LogP contribution in [0.2, 0.25) is 0 Å². The summed E-state index contributed by atoms with van der Waals surface area (Å²) in [6.07, 6.45) is 0.924. The Morgan fingerprint density at radius 1 is 1.35 bits per heavy atom. The fraction of sp³-hybridized carbons (Fsp3) is 0.529. The molecule has 2 aromatic rings. The van der Waals surface area contributed by atoms with E-state index in [0.717, 1.165) is 36.0 Å². The highest BCUT2D eigenvalue weighted by Gasteiger charge is 2.27. The van der Waals surface area contributed by atoms with Gasteiger partial charge in [0, 0.05) is 37.6 Å². The molecule has 1 aliphatic rings. The van der Waals surface area contributed by atoms with Crippen LogP contribution in [0.15, 0.2) is 18.2 Å². The Morgan fingerprint density at radius 3 is 2.74 bits per heavy atom. The summed E-state index contributed by atoms with van der Waals surface area (Å²) in [5.74, 6) is -0.0152. The lowest BCUT2D eigenvalue weighted by Crippen LogP contribution is -2.52. The predicted molar refractivity (Wildman–Crippen MR) is 89.5 cm³/mol. The number of nitrogens with zero attached hydrogens (tertiary/aromatic N) is 3. The van der Waals surface area contributed by atoms with Crippen molar-refractivity contribution < 1.29 is 9.90 Å². The van der Waals surface area contributed by atoms with Crippen molar-refractivity contribution in [3.8, 4) is 0 Å². The van der Waals surface area contributed by atoms with Gasteiger partial charge in [0.05, 0.1) is 12.1 Å². The number of fused-ring (bicyclic) bond motifs is 1. The molecule has 1 aliphatic heterocycles. The van der Waals surface area contributed by atoms with Crippen LogP contribution in [0, 0.1) is 6.92 Å². The van der Waals surface area contributed by atoms with E-state index in [4.69, 9.17) is 0 Å². The molecule has 2 heterocycles. The molecule has 0 bridgehead atoms. The van der Waals surface area contributed by atoms with Gasteiger partial charge in [-0.15, -0.1) is 0 Å². The molecule has 3 rings (SSSR count). The second kappa shape index (κ2) is 6.68. The molecule has 1 unspecified atom stereocenters. The SMILES string of the molecule is CCC(CO)N1CCN(C(=O)c2n[nH]c3ccc(C)cc23)CC1. The Labute approximate surface area is 136 Å². The van der Waals surface area contributed by atoms with Crippen LogP contribution >= 0.6 is 0 Å². The molecule has 0 aliphatic carbocycles. The van der Waals surface area contributed by atoms with Crippen molar-refractivity contribution in [1.82, 2.24) is 20.0 Å². The number of hydrogen-bond donors (Lipinski definition) is 2. The molecule has 1 fully saturated rings. The molecule has 23 heavy (non-hydrogen) atoms. The van der Waals surface area contributed by atoms with E-state index in [1.54, 1.807) is 0 Å². The fourth-order valence-corrected chi connectivity index (χ4v) is 3.23. The number of aliphatic hydroxyl groups is 1. The Bertz CT molecular complexity index is 685. The summed E-state index contributed by atoms with van der Waals surface area (Å²) in [4.78, 5) is 16.9. The van der Waals surface area contributed by atoms with Gasteiger partial charge in [0.25, 0.3) is 5.91 Å². The number of rotatable bonds is 4. The van der Waals surface area contributed by atoms with Gasteiger partial charge in [0.1, 0.15) is 0 Å². The number of H-pyrrole nitrogens is 1. The zero-order valence-electron chi connectivity index (χ0n) is 13.7. The lowest BCUT2D eigenvalue weighted by Gasteiger charge is -2.38. The van der Waals surface area contributed by atoms with Gasteiger partial charge >= 0.3 is 0 Å². The van der Waals surface area contributed by atoms with E-state index in [9.17, 15) is 9.90 Å². The molecule has 1 aromatic carbocycles. The van der Waals surface area contributed by atoms with Crippen LogP contribution < -0.4 is 0 Å². The van der Waals surface area contributed by atoms with Crippen LogP contribution in [0.1, 0.15) is 29.4 Å². The number of aliphatic hydroxyl groups excluding tert-OH is 1. The number of amides is 1. The first-order chi connectivity index (χ1) is 11.1. The van der Waals surface area contributed by atoms with Crippen molar-refractivity contribution in [2.75, 3.05) is 32.8 Å². The lowest BCUT2D eigenvalue weighted by molar-refractivity contribution is 0.0469. The zero-order chi connectivity index (χ0) is 16.4. The number of aryl methyl sites for hydroxylation is 1. The summed E-state index contributed by atoms with van der Waals surface area (Å²) in [5, 5.41) is 17.5. The van der Waals surface area contributed by atoms with Gasteiger partial charge < -0.3 is 10.0 Å². The van der Waals surface area contributed by atoms with Gasteiger partial charge in [-0.1, -0.05) is 18.6 Å². The number of carbonyl (C=O) groups is 1. The van der Waals surface area contributed by atoms with Crippen molar-refractivity contribution in [2.45, 2.75) is 26.3 Å². The zero-order valence-corrected chi connectivity index (χ0v) is 13.7. The average Bonchev–Trinajstić information content (AvgIpc) is 2.99. The average molecular weight is 316 g/mol. The smallest absolute Gasteiger partial charge is 0.275 e. The number of benzene rings is 1. The van der Waals surface area contributed by atoms with Crippen molar-refractivity contribution in [3.05, 3.63) is 29.5 Å². The molecular weight excluding hydrogens is 292 g/mol. The minimum Gasteiger partial charge on any atom is -0.395 e. The van der Waals surface area contributed by atoms with Crippen LogP contribution in [-0.2, 0) is 0 Å². The Balaban J connectivity index is 1.73. The van der Waals surface area contributed by atoms with Crippen LogP contribution in [0.25, 0.3) is 10.9 Å². The summed E-state index contributed by atoms with van der Waals surface area (Å²) in [5.41, 5.74) is 2.52. The molecule has 1 atom stereocenters. The van der Waals surface area contributed by atoms with Crippen molar-refractivity contribution >= 4 is 16.8 Å². The molecule has 1 saturated heterocycles. The van der Waals surface area contributed by atoms with E-state index < -0.39 is 0 Å². The number of aromatic amines is 1. The van der Waals surface area contributed by atoms with Gasteiger partial charge in [-0.3, -0.25) is 14.8 Å². The molecule has 0 radical (unpaired) electrons. The fourth-order valence-electron chi connectivity index (χ4n) is 3.23. The summed E-state index contributed by atoms with van der Waals surface area (Å²) in [6.45, 7) is 7.22. The highest BCUT2D eigenvalue weighted by molar-refractivity contribution is 6.04. The monoisotopic (exact) mass is 316 g/mol. The number of aromatic nitrogens is 2. The van der Waals surface area contributed by atoms with E-state index >= 15 is 0 Å².